The zero-order valence-corrected chi connectivity index (χ0v) is 17.9. The molecule has 2 atom stereocenters. The van der Waals surface area contributed by atoms with Crippen LogP contribution in [0.25, 0.3) is 0 Å². The van der Waals surface area contributed by atoms with Gasteiger partial charge in [0.15, 0.2) is 0 Å². The van der Waals surface area contributed by atoms with Crippen LogP contribution in [0.2, 0.25) is 0 Å². The quantitative estimate of drug-likeness (QED) is 0.551. The Kier molecular flexibility index (Phi) is 7.11. The second-order valence-corrected chi connectivity index (χ2v) is 8.42. The lowest BCUT2D eigenvalue weighted by atomic mass is 9.88. The van der Waals surface area contributed by atoms with Gasteiger partial charge in [-0.05, 0) is 47.7 Å². The molecule has 3 nitrogen and oxygen atoms in total. The van der Waals surface area contributed by atoms with Crippen molar-refractivity contribution in [2.45, 2.75) is 44.9 Å². The fourth-order valence-electron chi connectivity index (χ4n) is 3.25. The van der Waals surface area contributed by atoms with Crippen LogP contribution in [0.4, 0.5) is 4.39 Å². The van der Waals surface area contributed by atoms with Gasteiger partial charge in [-0.25, -0.2) is 4.39 Å². The molecule has 1 heterocycles. The molecule has 4 rings (SSSR count). The zero-order valence-electron chi connectivity index (χ0n) is 16.3. The number of hydrogen-bond acceptors (Lipinski definition) is 3. The third-order valence-corrected chi connectivity index (χ3v) is 5.43. The van der Waals surface area contributed by atoms with Gasteiger partial charge in [0.2, 0.25) is 0 Å². The van der Waals surface area contributed by atoms with Crippen LogP contribution in [0.1, 0.15) is 48.8 Å². The van der Waals surface area contributed by atoms with E-state index in [1.54, 1.807) is 0 Å². The van der Waals surface area contributed by atoms with Crippen LogP contribution in [0.5, 0.6) is 5.75 Å². The normalized spacial score (nSPS) is 18.1. The Labute approximate surface area is 174 Å². The molecule has 2 unspecified atom stereocenters. The molecule has 0 spiro atoms. The Morgan fingerprint density at radius 2 is 2.00 bits per heavy atom. The molecule has 1 saturated carbocycles. The van der Waals surface area contributed by atoms with Crippen LogP contribution in [-0.2, 0) is 22.4 Å². The fraction of sp³-hybridized carbons (Fsp3) is 0.435. The van der Waals surface area contributed by atoms with Gasteiger partial charge >= 0.3 is 5.97 Å². The molecule has 0 N–H and O–H groups in total. The molecule has 0 bridgehead atoms. The van der Waals surface area contributed by atoms with E-state index in [2.05, 4.69) is 22.0 Å². The second-order valence-electron chi connectivity index (χ2n) is 7.51. The van der Waals surface area contributed by atoms with E-state index in [1.807, 2.05) is 31.2 Å². The summed E-state index contributed by atoms with van der Waals surface area (Å²) in [4.78, 5) is 11.6. The maximum atomic E-state index is 14.3. The summed E-state index contributed by atoms with van der Waals surface area (Å²) in [6.07, 6.45) is 5.82. The lowest BCUT2D eigenvalue weighted by Gasteiger charge is -2.26. The van der Waals surface area contributed by atoms with E-state index in [0.717, 1.165) is 21.3 Å². The molecule has 2 aliphatic rings. The summed E-state index contributed by atoms with van der Waals surface area (Å²) in [5.41, 5.74) is 2.77. The number of esters is 1. The monoisotopic (exact) mass is 448 g/mol. The molecule has 5 heteroatoms. The molecule has 0 saturated heterocycles. The van der Waals surface area contributed by atoms with E-state index in [9.17, 15) is 9.18 Å². The molecule has 1 aliphatic heterocycles. The predicted octanol–water partition coefficient (Wildman–Crippen LogP) is 5.83. The lowest BCUT2D eigenvalue weighted by Crippen LogP contribution is -2.21. The number of carbonyl (C=O) groups is 1. The van der Waals surface area contributed by atoms with Gasteiger partial charge in [0.25, 0.3) is 0 Å². The van der Waals surface area contributed by atoms with Crippen LogP contribution < -0.4 is 4.74 Å². The molecule has 2 aromatic rings. The van der Waals surface area contributed by atoms with Gasteiger partial charge in [-0.2, -0.15) is 0 Å². The predicted molar refractivity (Wildman–Crippen MR) is 111 cm³/mol. The summed E-state index contributed by atoms with van der Waals surface area (Å²) in [6.45, 7) is 2.31. The molecule has 0 radical (unpaired) electrons. The van der Waals surface area contributed by atoms with Gasteiger partial charge in [0.1, 0.15) is 11.6 Å². The molecule has 150 valence electrons. The first-order chi connectivity index (χ1) is 13.5. The van der Waals surface area contributed by atoms with Gasteiger partial charge in [0, 0.05) is 10.4 Å². The van der Waals surface area contributed by atoms with Crippen LogP contribution in [0, 0.1) is 11.7 Å². The lowest BCUT2D eigenvalue weighted by molar-refractivity contribution is -0.144. The van der Waals surface area contributed by atoms with E-state index in [0.29, 0.717) is 25.0 Å². The molecule has 0 aromatic heterocycles. The Balaban J connectivity index is 0.000000684. The summed E-state index contributed by atoms with van der Waals surface area (Å²) in [5, 5.41) is 0. The standard InChI is InChI=1S/C20H20BrFO3.C3H6/c1-12(20(23)24-2)7-13-3-6-19-14(8-13)9-15(11-25-19)17-5-4-16(21)10-18(17)22;1-2-3-1/h3-6,8,10,12,15H,7,9,11H2,1-2H3;1-3H2. The highest BCUT2D eigenvalue weighted by atomic mass is 79.9. The maximum Gasteiger partial charge on any atom is 0.308 e. The highest BCUT2D eigenvalue weighted by Gasteiger charge is 2.24. The second kappa shape index (κ2) is 9.55. The SMILES string of the molecule is C1CC1.COC(=O)C(C)Cc1ccc2c(c1)CC(c1ccc(Br)cc1F)CO2. The molecular formula is C23H26BrFO3. The smallest absolute Gasteiger partial charge is 0.308 e. The summed E-state index contributed by atoms with van der Waals surface area (Å²) in [6, 6.07) is 11.1. The van der Waals surface area contributed by atoms with E-state index in [-0.39, 0.29) is 23.6 Å². The average molecular weight is 449 g/mol. The van der Waals surface area contributed by atoms with Crippen molar-refractivity contribution < 1.29 is 18.7 Å². The van der Waals surface area contributed by atoms with E-state index in [4.69, 9.17) is 9.47 Å². The van der Waals surface area contributed by atoms with E-state index < -0.39 is 0 Å². The molecule has 0 amide bonds. The molecule has 1 fully saturated rings. The van der Waals surface area contributed by atoms with Crippen molar-refractivity contribution in [3.63, 3.8) is 0 Å². The zero-order chi connectivity index (χ0) is 20.1. The molecule has 2 aromatic carbocycles. The van der Waals surface area contributed by atoms with Crippen molar-refractivity contribution in [3.05, 3.63) is 63.4 Å². The number of carbonyl (C=O) groups excluding carboxylic acids is 1. The Bertz CT molecular complexity index is 832. The Morgan fingerprint density at radius 1 is 1.25 bits per heavy atom. The fourth-order valence-corrected chi connectivity index (χ4v) is 3.58. The number of ether oxygens (including phenoxy) is 2. The first kappa shape index (κ1) is 20.8. The summed E-state index contributed by atoms with van der Waals surface area (Å²) in [7, 11) is 1.40. The number of methoxy groups -OCH3 is 1. The van der Waals surface area contributed by atoms with E-state index >= 15 is 0 Å². The summed E-state index contributed by atoms with van der Waals surface area (Å²) in [5.74, 6) is 0.176. The topological polar surface area (TPSA) is 35.5 Å². The van der Waals surface area contributed by atoms with Crippen molar-refractivity contribution >= 4 is 21.9 Å². The number of fused-ring (bicyclic) bond motifs is 1. The van der Waals surface area contributed by atoms with Crippen LogP contribution in [0.3, 0.4) is 0 Å². The number of rotatable bonds is 4. The molecule has 28 heavy (non-hydrogen) atoms. The number of benzene rings is 2. The van der Waals surface area contributed by atoms with Crippen molar-refractivity contribution in [3.8, 4) is 5.75 Å². The van der Waals surface area contributed by atoms with Crippen molar-refractivity contribution in [2.24, 2.45) is 5.92 Å². The minimum Gasteiger partial charge on any atom is -0.493 e. The van der Waals surface area contributed by atoms with Crippen LogP contribution in [-0.4, -0.2) is 19.7 Å². The third kappa shape index (κ3) is 5.57. The first-order valence-electron chi connectivity index (χ1n) is 9.75. The van der Waals surface area contributed by atoms with Gasteiger partial charge < -0.3 is 9.47 Å². The van der Waals surface area contributed by atoms with Crippen molar-refractivity contribution in [2.75, 3.05) is 13.7 Å². The highest BCUT2D eigenvalue weighted by molar-refractivity contribution is 9.10. The van der Waals surface area contributed by atoms with Gasteiger partial charge in [-0.1, -0.05) is 60.3 Å². The number of hydrogen-bond donors (Lipinski definition) is 0. The Hall–Kier alpha value is -1.88. The van der Waals surface area contributed by atoms with Crippen LogP contribution >= 0.6 is 15.9 Å². The van der Waals surface area contributed by atoms with Gasteiger partial charge in [-0.3, -0.25) is 4.79 Å². The Morgan fingerprint density at radius 3 is 2.64 bits per heavy atom. The molecular weight excluding hydrogens is 423 g/mol. The third-order valence-electron chi connectivity index (χ3n) is 4.93. The minimum atomic E-state index is -0.220. The van der Waals surface area contributed by atoms with Gasteiger partial charge in [0.05, 0.1) is 19.6 Å². The largest absolute Gasteiger partial charge is 0.493 e. The van der Waals surface area contributed by atoms with Crippen molar-refractivity contribution in [1.29, 1.82) is 0 Å². The summed E-state index contributed by atoms with van der Waals surface area (Å²) >= 11 is 3.29. The average Bonchev–Trinajstić information content (AvgIpc) is 3.56. The highest BCUT2D eigenvalue weighted by Crippen LogP contribution is 2.35. The first-order valence-corrected chi connectivity index (χ1v) is 10.5. The minimum absolute atomic E-state index is 0.0196. The molecule has 1 aliphatic carbocycles. The van der Waals surface area contributed by atoms with Gasteiger partial charge in [-0.15, -0.1) is 0 Å². The van der Waals surface area contributed by atoms with E-state index in [1.165, 1.54) is 32.4 Å². The summed E-state index contributed by atoms with van der Waals surface area (Å²) < 4.78 is 25.6. The van der Waals surface area contributed by atoms with Crippen molar-refractivity contribution in [1.82, 2.24) is 0 Å². The maximum absolute atomic E-state index is 14.3. The van der Waals surface area contributed by atoms with Crippen LogP contribution in [0.15, 0.2) is 40.9 Å². The number of halogens is 2.